The van der Waals surface area contributed by atoms with Gasteiger partial charge in [-0.3, -0.25) is 4.99 Å². The lowest BCUT2D eigenvalue weighted by Gasteiger charge is -2.21. The van der Waals surface area contributed by atoms with Crippen molar-refractivity contribution in [2.75, 3.05) is 19.3 Å². The SMILES string of the molecule is CN=C(N)N(CCS)Cc1nc[nH]c1C. The topological polar surface area (TPSA) is 70.3 Å². The second kappa shape index (κ2) is 5.65. The summed E-state index contributed by atoms with van der Waals surface area (Å²) in [6, 6.07) is 0. The first-order valence-electron chi connectivity index (χ1n) is 4.76. The second-order valence-corrected chi connectivity index (χ2v) is 3.65. The Labute approximate surface area is 95.2 Å². The van der Waals surface area contributed by atoms with Gasteiger partial charge in [0.25, 0.3) is 0 Å². The number of nitrogens with one attached hydrogen (secondary N) is 1. The van der Waals surface area contributed by atoms with Gasteiger partial charge in [-0.15, -0.1) is 0 Å². The summed E-state index contributed by atoms with van der Waals surface area (Å²) in [4.78, 5) is 13.2. The highest BCUT2D eigenvalue weighted by molar-refractivity contribution is 7.80. The second-order valence-electron chi connectivity index (χ2n) is 3.20. The Morgan fingerprint density at radius 2 is 2.47 bits per heavy atom. The number of aromatic nitrogens is 2. The number of aryl methyl sites for hydroxylation is 1. The Morgan fingerprint density at radius 3 is 2.93 bits per heavy atom. The van der Waals surface area contributed by atoms with E-state index in [-0.39, 0.29) is 0 Å². The molecule has 5 nitrogen and oxygen atoms in total. The molecule has 0 saturated carbocycles. The first kappa shape index (κ1) is 11.9. The summed E-state index contributed by atoms with van der Waals surface area (Å²) in [5.41, 5.74) is 7.82. The molecule has 0 atom stereocenters. The minimum Gasteiger partial charge on any atom is -0.370 e. The van der Waals surface area contributed by atoms with E-state index >= 15 is 0 Å². The van der Waals surface area contributed by atoms with Gasteiger partial charge < -0.3 is 15.6 Å². The van der Waals surface area contributed by atoms with Crippen molar-refractivity contribution < 1.29 is 0 Å². The number of rotatable bonds is 4. The van der Waals surface area contributed by atoms with Crippen molar-refractivity contribution in [3.8, 4) is 0 Å². The zero-order chi connectivity index (χ0) is 11.3. The fraction of sp³-hybridized carbons (Fsp3) is 0.556. The number of aromatic amines is 1. The smallest absolute Gasteiger partial charge is 0.191 e. The summed E-state index contributed by atoms with van der Waals surface area (Å²) in [6.07, 6.45) is 1.68. The predicted molar refractivity (Wildman–Crippen MR) is 65.1 cm³/mol. The minimum atomic E-state index is 0.520. The highest BCUT2D eigenvalue weighted by Gasteiger charge is 2.10. The highest BCUT2D eigenvalue weighted by Crippen LogP contribution is 2.05. The van der Waals surface area contributed by atoms with Gasteiger partial charge in [-0.05, 0) is 6.92 Å². The van der Waals surface area contributed by atoms with Crippen LogP contribution >= 0.6 is 12.6 Å². The third-order valence-electron chi connectivity index (χ3n) is 2.20. The molecule has 84 valence electrons. The maximum absolute atomic E-state index is 5.77. The average Bonchev–Trinajstić information content (AvgIpc) is 2.63. The van der Waals surface area contributed by atoms with Crippen LogP contribution in [0.1, 0.15) is 11.4 Å². The number of H-pyrrole nitrogens is 1. The van der Waals surface area contributed by atoms with Crippen LogP contribution < -0.4 is 5.73 Å². The van der Waals surface area contributed by atoms with Gasteiger partial charge in [0, 0.05) is 25.0 Å². The molecule has 0 aliphatic rings. The zero-order valence-electron chi connectivity index (χ0n) is 9.06. The van der Waals surface area contributed by atoms with E-state index in [1.54, 1.807) is 13.4 Å². The van der Waals surface area contributed by atoms with Gasteiger partial charge in [-0.1, -0.05) is 0 Å². The van der Waals surface area contributed by atoms with E-state index in [0.29, 0.717) is 12.5 Å². The summed E-state index contributed by atoms with van der Waals surface area (Å²) >= 11 is 4.19. The molecule has 1 aromatic heterocycles. The molecule has 0 saturated heterocycles. The lowest BCUT2D eigenvalue weighted by atomic mass is 10.3. The Hall–Kier alpha value is -1.17. The zero-order valence-corrected chi connectivity index (χ0v) is 9.96. The fourth-order valence-electron chi connectivity index (χ4n) is 1.26. The number of hydrogen-bond donors (Lipinski definition) is 3. The third kappa shape index (κ3) is 3.16. The van der Waals surface area contributed by atoms with Gasteiger partial charge in [0.15, 0.2) is 5.96 Å². The van der Waals surface area contributed by atoms with E-state index in [4.69, 9.17) is 5.73 Å². The minimum absolute atomic E-state index is 0.520. The number of nitrogens with two attached hydrogens (primary N) is 1. The average molecular weight is 227 g/mol. The van der Waals surface area contributed by atoms with Crippen molar-refractivity contribution in [3.05, 3.63) is 17.7 Å². The molecule has 15 heavy (non-hydrogen) atoms. The van der Waals surface area contributed by atoms with Crippen LogP contribution in [0.3, 0.4) is 0 Å². The molecule has 3 N–H and O–H groups in total. The first-order chi connectivity index (χ1) is 7.19. The number of hydrogen-bond acceptors (Lipinski definition) is 3. The lowest BCUT2D eigenvalue weighted by molar-refractivity contribution is 0.427. The van der Waals surface area contributed by atoms with Crippen LogP contribution in [-0.4, -0.2) is 40.2 Å². The van der Waals surface area contributed by atoms with Crippen molar-refractivity contribution in [2.45, 2.75) is 13.5 Å². The summed E-state index contributed by atoms with van der Waals surface area (Å²) in [6.45, 7) is 3.41. The molecule has 0 bridgehead atoms. The van der Waals surface area contributed by atoms with Crippen LogP contribution in [0.4, 0.5) is 0 Å². The standard InChI is InChI=1S/C9H17N5S/c1-7-8(13-6-12-7)5-14(3-4-15)9(10)11-2/h6,15H,3-5H2,1-2H3,(H2,10,11)(H,12,13). The van der Waals surface area contributed by atoms with Crippen LogP contribution in [0, 0.1) is 6.92 Å². The molecule has 1 aromatic rings. The predicted octanol–water partition coefficient (Wildman–Crippen LogP) is 0.394. The first-order valence-corrected chi connectivity index (χ1v) is 5.39. The molecule has 1 heterocycles. The Morgan fingerprint density at radius 1 is 1.73 bits per heavy atom. The van der Waals surface area contributed by atoms with Crippen molar-refractivity contribution in [1.29, 1.82) is 0 Å². The van der Waals surface area contributed by atoms with E-state index in [2.05, 4.69) is 27.6 Å². The van der Waals surface area contributed by atoms with Crippen molar-refractivity contribution in [3.63, 3.8) is 0 Å². The normalized spacial score (nSPS) is 11.8. The van der Waals surface area contributed by atoms with E-state index in [1.165, 1.54) is 0 Å². The van der Waals surface area contributed by atoms with Crippen LogP contribution in [0.15, 0.2) is 11.3 Å². The third-order valence-corrected chi connectivity index (χ3v) is 2.40. The summed E-state index contributed by atoms with van der Waals surface area (Å²) in [5, 5.41) is 0. The molecule has 0 amide bonds. The summed E-state index contributed by atoms with van der Waals surface area (Å²) < 4.78 is 0. The van der Waals surface area contributed by atoms with Gasteiger partial charge in [0.2, 0.25) is 0 Å². The molecule has 0 spiro atoms. The van der Waals surface area contributed by atoms with E-state index < -0.39 is 0 Å². The number of nitrogens with zero attached hydrogens (tertiary/aromatic N) is 3. The Kier molecular flexibility index (Phi) is 4.48. The number of imidazole rings is 1. The lowest BCUT2D eigenvalue weighted by Crippen LogP contribution is -2.38. The molecule has 1 rings (SSSR count). The molecule has 0 aromatic carbocycles. The maximum Gasteiger partial charge on any atom is 0.191 e. The van der Waals surface area contributed by atoms with Gasteiger partial charge in [0.05, 0.1) is 18.6 Å². The van der Waals surface area contributed by atoms with Crippen molar-refractivity contribution in [1.82, 2.24) is 14.9 Å². The summed E-state index contributed by atoms with van der Waals surface area (Å²) in [7, 11) is 1.68. The molecular weight excluding hydrogens is 210 g/mol. The Balaban J connectivity index is 2.71. The van der Waals surface area contributed by atoms with Crippen LogP contribution in [0.25, 0.3) is 0 Å². The number of guanidine groups is 1. The van der Waals surface area contributed by atoms with Gasteiger partial charge in [-0.2, -0.15) is 12.6 Å². The molecule has 0 aliphatic heterocycles. The molecule has 0 unspecified atom stereocenters. The van der Waals surface area contributed by atoms with Crippen LogP contribution in [0.5, 0.6) is 0 Å². The Bertz CT molecular complexity index is 333. The highest BCUT2D eigenvalue weighted by atomic mass is 32.1. The molecule has 0 fully saturated rings. The summed E-state index contributed by atoms with van der Waals surface area (Å²) in [5.74, 6) is 1.26. The van der Waals surface area contributed by atoms with Crippen molar-refractivity contribution >= 4 is 18.6 Å². The quantitative estimate of drug-likeness (QED) is 0.396. The van der Waals surface area contributed by atoms with E-state index in [9.17, 15) is 0 Å². The van der Waals surface area contributed by atoms with Gasteiger partial charge in [-0.25, -0.2) is 4.98 Å². The molecule has 0 radical (unpaired) electrons. The number of thiol groups is 1. The molecule has 6 heteroatoms. The van der Waals surface area contributed by atoms with Crippen molar-refractivity contribution in [2.24, 2.45) is 10.7 Å². The van der Waals surface area contributed by atoms with Crippen LogP contribution in [0.2, 0.25) is 0 Å². The largest absolute Gasteiger partial charge is 0.370 e. The van der Waals surface area contributed by atoms with Gasteiger partial charge in [0.1, 0.15) is 0 Å². The van der Waals surface area contributed by atoms with Crippen LogP contribution in [-0.2, 0) is 6.54 Å². The molecular formula is C9H17N5S. The fourth-order valence-corrected chi connectivity index (χ4v) is 1.51. The van der Waals surface area contributed by atoms with Gasteiger partial charge >= 0.3 is 0 Å². The monoisotopic (exact) mass is 227 g/mol. The maximum atomic E-state index is 5.77. The van der Waals surface area contributed by atoms with E-state index in [1.807, 2.05) is 11.8 Å². The molecule has 0 aliphatic carbocycles. The van der Waals surface area contributed by atoms with E-state index in [0.717, 1.165) is 23.7 Å². The number of aliphatic imine (C=N–C) groups is 1.